The molecule has 14 heavy (non-hydrogen) atoms. The average Bonchev–Trinajstić information content (AvgIpc) is 2.59. The summed E-state index contributed by atoms with van der Waals surface area (Å²) in [6.07, 6.45) is 0. The van der Waals surface area contributed by atoms with Crippen LogP contribution in [-0.2, 0) is 4.74 Å². The Morgan fingerprint density at radius 3 is 3.00 bits per heavy atom. The second-order valence-corrected chi connectivity index (χ2v) is 3.97. The monoisotopic (exact) mass is 213 g/mol. The lowest BCUT2D eigenvalue weighted by molar-refractivity contribution is -0.00339. The first kappa shape index (κ1) is 9.48. The molecule has 0 spiro atoms. The second kappa shape index (κ2) is 3.98. The van der Waals surface area contributed by atoms with E-state index in [9.17, 15) is 4.79 Å². The molecule has 0 bridgehead atoms. The molecule has 2 rings (SSSR count). The Hall–Kier alpha value is -1.07. The van der Waals surface area contributed by atoms with Gasteiger partial charge in [0.2, 0.25) is 0 Å². The summed E-state index contributed by atoms with van der Waals surface area (Å²) in [5.74, 6) is 0.677. The van der Waals surface area contributed by atoms with Crippen molar-refractivity contribution in [1.29, 1.82) is 0 Å². The van der Waals surface area contributed by atoms with Crippen molar-refractivity contribution >= 4 is 17.2 Å². The molecule has 1 aromatic rings. The molecule has 5 heteroatoms. The van der Waals surface area contributed by atoms with Crippen LogP contribution in [0.1, 0.15) is 9.67 Å². The van der Waals surface area contributed by atoms with Crippen LogP contribution >= 0.6 is 11.3 Å². The van der Waals surface area contributed by atoms with Crippen molar-refractivity contribution in [3.8, 4) is 5.75 Å². The van der Waals surface area contributed by atoms with Gasteiger partial charge in [-0.1, -0.05) is 0 Å². The van der Waals surface area contributed by atoms with Gasteiger partial charge in [0.15, 0.2) is 0 Å². The zero-order valence-electron chi connectivity index (χ0n) is 7.78. The van der Waals surface area contributed by atoms with Crippen LogP contribution in [0.2, 0.25) is 0 Å². The third-order valence-electron chi connectivity index (χ3n) is 2.01. The number of carbonyl (C=O) groups excluding carboxylic acids is 1. The van der Waals surface area contributed by atoms with Gasteiger partial charge in [-0.3, -0.25) is 4.79 Å². The minimum Gasteiger partial charge on any atom is -0.496 e. The molecule has 0 unspecified atom stereocenters. The van der Waals surface area contributed by atoms with Crippen molar-refractivity contribution < 1.29 is 14.3 Å². The highest BCUT2D eigenvalue weighted by Gasteiger charge is 2.21. The summed E-state index contributed by atoms with van der Waals surface area (Å²) < 4.78 is 9.96. The standard InChI is InChI=1S/C9H11NO3S/c1-12-7-2-8(14-5-7)9(11)10-6-3-13-4-6/h2,5-6H,3-4H2,1H3,(H,10,11). The van der Waals surface area contributed by atoms with Gasteiger partial charge in [0, 0.05) is 11.4 Å². The highest BCUT2D eigenvalue weighted by atomic mass is 32.1. The predicted molar refractivity (Wildman–Crippen MR) is 52.9 cm³/mol. The van der Waals surface area contributed by atoms with E-state index in [1.165, 1.54) is 11.3 Å². The molecule has 1 aliphatic rings. The Balaban J connectivity index is 1.95. The molecular weight excluding hydrogens is 202 g/mol. The number of thiophene rings is 1. The Morgan fingerprint density at radius 1 is 1.71 bits per heavy atom. The molecule has 0 atom stereocenters. The molecule has 0 aromatic carbocycles. The normalized spacial score (nSPS) is 16.1. The Bertz CT molecular complexity index is 333. The minimum absolute atomic E-state index is 0.0494. The molecule has 1 aromatic heterocycles. The first-order valence-electron chi connectivity index (χ1n) is 4.30. The van der Waals surface area contributed by atoms with E-state index in [0.717, 1.165) is 5.75 Å². The maximum absolute atomic E-state index is 11.6. The van der Waals surface area contributed by atoms with E-state index in [1.54, 1.807) is 13.2 Å². The lowest BCUT2D eigenvalue weighted by Gasteiger charge is -2.26. The number of hydrogen-bond donors (Lipinski definition) is 1. The molecule has 1 aliphatic heterocycles. The van der Waals surface area contributed by atoms with Gasteiger partial charge < -0.3 is 14.8 Å². The van der Waals surface area contributed by atoms with Crippen molar-refractivity contribution in [2.24, 2.45) is 0 Å². The fourth-order valence-electron chi connectivity index (χ4n) is 1.12. The van der Waals surface area contributed by atoms with Crippen molar-refractivity contribution in [2.75, 3.05) is 20.3 Å². The average molecular weight is 213 g/mol. The van der Waals surface area contributed by atoms with E-state index in [0.29, 0.717) is 18.1 Å². The third kappa shape index (κ3) is 1.88. The molecule has 0 radical (unpaired) electrons. The number of methoxy groups -OCH3 is 1. The van der Waals surface area contributed by atoms with Gasteiger partial charge in [0.1, 0.15) is 5.75 Å². The lowest BCUT2D eigenvalue weighted by atomic mass is 10.2. The largest absolute Gasteiger partial charge is 0.496 e. The summed E-state index contributed by atoms with van der Waals surface area (Å²) in [4.78, 5) is 12.2. The van der Waals surface area contributed by atoms with Crippen molar-refractivity contribution in [2.45, 2.75) is 6.04 Å². The zero-order valence-corrected chi connectivity index (χ0v) is 8.60. The first-order chi connectivity index (χ1) is 6.79. The van der Waals surface area contributed by atoms with E-state index >= 15 is 0 Å². The molecule has 1 amide bonds. The number of nitrogens with one attached hydrogen (secondary N) is 1. The first-order valence-corrected chi connectivity index (χ1v) is 5.18. The topological polar surface area (TPSA) is 47.6 Å². The van der Waals surface area contributed by atoms with Gasteiger partial charge in [-0.2, -0.15) is 0 Å². The van der Waals surface area contributed by atoms with Crippen LogP contribution in [0.25, 0.3) is 0 Å². The van der Waals surface area contributed by atoms with Gasteiger partial charge in [-0.25, -0.2) is 0 Å². The van der Waals surface area contributed by atoms with E-state index in [1.807, 2.05) is 5.38 Å². The number of ether oxygens (including phenoxy) is 2. The van der Waals surface area contributed by atoms with Gasteiger partial charge >= 0.3 is 0 Å². The molecule has 1 saturated heterocycles. The fourth-order valence-corrected chi connectivity index (χ4v) is 1.88. The summed E-state index contributed by atoms with van der Waals surface area (Å²) in [7, 11) is 1.59. The summed E-state index contributed by atoms with van der Waals surface area (Å²) in [6, 6.07) is 1.91. The molecule has 4 nitrogen and oxygen atoms in total. The summed E-state index contributed by atoms with van der Waals surface area (Å²) >= 11 is 1.38. The Morgan fingerprint density at radius 2 is 2.50 bits per heavy atom. The van der Waals surface area contributed by atoms with Gasteiger partial charge in [0.05, 0.1) is 31.2 Å². The predicted octanol–water partition coefficient (Wildman–Crippen LogP) is 0.885. The number of amides is 1. The number of carbonyl (C=O) groups is 1. The molecule has 76 valence electrons. The van der Waals surface area contributed by atoms with Crippen molar-refractivity contribution in [3.63, 3.8) is 0 Å². The molecular formula is C9H11NO3S. The second-order valence-electron chi connectivity index (χ2n) is 3.06. The van der Waals surface area contributed by atoms with Crippen LogP contribution in [0, 0.1) is 0 Å². The molecule has 2 heterocycles. The van der Waals surface area contributed by atoms with Crippen molar-refractivity contribution in [3.05, 3.63) is 16.3 Å². The van der Waals surface area contributed by atoms with Crippen LogP contribution in [0.4, 0.5) is 0 Å². The third-order valence-corrected chi connectivity index (χ3v) is 2.92. The smallest absolute Gasteiger partial charge is 0.261 e. The Labute approximate surface area is 85.8 Å². The van der Waals surface area contributed by atoms with E-state index in [2.05, 4.69) is 5.32 Å². The highest BCUT2D eigenvalue weighted by Crippen LogP contribution is 2.21. The molecule has 0 saturated carbocycles. The minimum atomic E-state index is -0.0494. The van der Waals surface area contributed by atoms with Crippen LogP contribution in [-0.4, -0.2) is 32.3 Å². The molecule has 1 N–H and O–H groups in total. The summed E-state index contributed by atoms with van der Waals surface area (Å²) in [5, 5.41) is 4.67. The molecule has 1 fully saturated rings. The van der Waals surface area contributed by atoms with E-state index < -0.39 is 0 Å². The van der Waals surface area contributed by atoms with E-state index in [-0.39, 0.29) is 11.9 Å². The lowest BCUT2D eigenvalue weighted by Crippen LogP contribution is -2.48. The maximum Gasteiger partial charge on any atom is 0.261 e. The number of rotatable bonds is 3. The summed E-state index contributed by atoms with van der Waals surface area (Å²) in [5.41, 5.74) is 0. The number of hydrogen-bond acceptors (Lipinski definition) is 4. The van der Waals surface area contributed by atoms with E-state index in [4.69, 9.17) is 9.47 Å². The maximum atomic E-state index is 11.6. The SMILES string of the molecule is COc1csc(C(=O)NC2COC2)c1. The summed E-state index contributed by atoms with van der Waals surface area (Å²) in [6.45, 7) is 1.24. The van der Waals surface area contributed by atoms with Gasteiger partial charge in [-0.05, 0) is 0 Å². The fraction of sp³-hybridized carbons (Fsp3) is 0.444. The highest BCUT2D eigenvalue weighted by molar-refractivity contribution is 7.12. The van der Waals surface area contributed by atoms with Crippen LogP contribution in [0.5, 0.6) is 5.75 Å². The van der Waals surface area contributed by atoms with Crippen LogP contribution < -0.4 is 10.1 Å². The van der Waals surface area contributed by atoms with Gasteiger partial charge in [-0.15, -0.1) is 11.3 Å². The van der Waals surface area contributed by atoms with Crippen molar-refractivity contribution in [1.82, 2.24) is 5.32 Å². The van der Waals surface area contributed by atoms with Gasteiger partial charge in [0.25, 0.3) is 5.91 Å². The molecule has 0 aliphatic carbocycles. The zero-order chi connectivity index (χ0) is 9.97. The quantitative estimate of drug-likeness (QED) is 0.811. The van der Waals surface area contributed by atoms with Crippen LogP contribution in [0.15, 0.2) is 11.4 Å². The Kier molecular flexibility index (Phi) is 2.69. The van der Waals surface area contributed by atoms with Crippen LogP contribution in [0.3, 0.4) is 0 Å².